The van der Waals surface area contributed by atoms with E-state index in [1.54, 1.807) is 20.8 Å². The average Bonchev–Trinajstić information content (AvgIpc) is 2.86. The molecule has 0 radical (unpaired) electrons. The molecule has 0 saturated carbocycles. The minimum atomic E-state index is -0.624. The van der Waals surface area contributed by atoms with Gasteiger partial charge in [-0.05, 0) is 39.5 Å². The second kappa shape index (κ2) is 7.61. The molecular weight excluding hydrogens is 286 g/mol. The molecule has 22 heavy (non-hydrogen) atoms. The van der Waals surface area contributed by atoms with Crippen molar-refractivity contribution in [2.45, 2.75) is 65.0 Å². The normalized spacial score (nSPS) is 21.6. The molecule has 126 valence electrons. The number of hydrogen-bond acceptors (Lipinski definition) is 5. The van der Waals surface area contributed by atoms with Crippen molar-refractivity contribution in [2.75, 3.05) is 13.7 Å². The minimum Gasteiger partial charge on any atom is -0.467 e. The van der Waals surface area contributed by atoms with E-state index in [-0.39, 0.29) is 11.7 Å². The summed E-state index contributed by atoms with van der Waals surface area (Å²) < 4.78 is 10.1. The smallest absolute Gasteiger partial charge is 0.411 e. The van der Waals surface area contributed by atoms with E-state index in [0.717, 1.165) is 0 Å². The van der Waals surface area contributed by atoms with Crippen molar-refractivity contribution in [3.05, 3.63) is 0 Å². The molecule has 1 aliphatic heterocycles. The lowest BCUT2D eigenvalue weighted by molar-refractivity contribution is -0.145. The number of carbonyl (C=O) groups excluding carboxylic acids is 3. The lowest BCUT2D eigenvalue weighted by Gasteiger charge is -2.27. The largest absolute Gasteiger partial charge is 0.467 e. The Balaban J connectivity index is 2.73. The number of nitrogens with zero attached hydrogens (tertiary/aromatic N) is 1. The van der Waals surface area contributed by atoms with Crippen molar-refractivity contribution in [1.82, 2.24) is 4.90 Å². The van der Waals surface area contributed by atoms with Crippen LogP contribution in [0.25, 0.3) is 0 Å². The van der Waals surface area contributed by atoms with Crippen LogP contribution in [0.2, 0.25) is 0 Å². The molecule has 0 N–H and O–H groups in total. The summed E-state index contributed by atoms with van der Waals surface area (Å²) in [7, 11) is 1.31. The highest BCUT2D eigenvalue weighted by Gasteiger charge is 2.41. The highest BCUT2D eigenvalue weighted by Crippen LogP contribution is 2.29. The number of ketones is 1. The molecule has 0 aromatic rings. The quantitative estimate of drug-likeness (QED) is 0.729. The Morgan fingerprint density at radius 1 is 1.23 bits per heavy atom. The Bertz CT molecular complexity index is 427. The number of amides is 1. The predicted octanol–water partition coefficient (Wildman–Crippen LogP) is 2.54. The van der Waals surface area contributed by atoms with Crippen molar-refractivity contribution in [1.29, 1.82) is 0 Å². The number of rotatable bonds is 5. The second-order valence-corrected chi connectivity index (χ2v) is 6.70. The molecule has 1 heterocycles. The first kappa shape index (κ1) is 18.5. The van der Waals surface area contributed by atoms with Gasteiger partial charge in [-0.25, -0.2) is 9.59 Å². The number of methoxy groups -OCH3 is 1. The van der Waals surface area contributed by atoms with Gasteiger partial charge in [0.25, 0.3) is 0 Å². The van der Waals surface area contributed by atoms with E-state index in [2.05, 4.69) is 0 Å². The minimum absolute atomic E-state index is 0.118. The van der Waals surface area contributed by atoms with Crippen molar-refractivity contribution >= 4 is 17.8 Å². The molecule has 6 heteroatoms. The predicted molar refractivity (Wildman–Crippen MR) is 81.4 cm³/mol. The van der Waals surface area contributed by atoms with Crippen molar-refractivity contribution < 1.29 is 23.9 Å². The summed E-state index contributed by atoms with van der Waals surface area (Å²) in [6.45, 7) is 7.61. The maximum Gasteiger partial charge on any atom is 0.411 e. The van der Waals surface area contributed by atoms with E-state index in [4.69, 9.17) is 9.47 Å². The standard InChI is InChI=1S/C16H27NO5/c1-6-12(18)8-7-11-9-13(14(19)21-5)17(10-11)15(20)22-16(2,3)4/h11,13H,6-10H2,1-5H3. The first-order chi connectivity index (χ1) is 10.2. The lowest BCUT2D eigenvalue weighted by atomic mass is 9.98. The summed E-state index contributed by atoms with van der Waals surface area (Å²) in [6, 6.07) is -0.624. The molecule has 0 bridgehead atoms. The van der Waals surface area contributed by atoms with Crippen molar-refractivity contribution in [3.63, 3.8) is 0 Å². The first-order valence-electron chi connectivity index (χ1n) is 7.77. The van der Waals surface area contributed by atoms with E-state index in [9.17, 15) is 14.4 Å². The van der Waals surface area contributed by atoms with Crippen LogP contribution in [0.15, 0.2) is 0 Å². The molecule has 0 spiro atoms. The summed E-state index contributed by atoms with van der Waals surface area (Å²) >= 11 is 0. The van der Waals surface area contributed by atoms with Crippen molar-refractivity contribution in [3.8, 4) is 0 Å². The maximum absolute atomic E-state index is 12.3. The van der Waals surface area contributed by atoms with Crippen LogP contribution in [0.4, 0.5) is 4.79 Å². The Kier molecular flexibility index (Phi) is 6.38. The summed E-state index contributed by atoms with van der Waals surface area (Å²) in [6.07, 6.45) is 1.69. The fourth-order valence-corrected chi connectivity index (χ4v) is 2.56. The van der Waals surface area contributed by atoms with Crippen LogP contribution in [-0.2, 0) is 19.1 Å². The molecule has 2 atom stereocenters. The molecule has 0 aromatic carbocycles. The Labute approximate surface area is 132 Å². The molecule has 1 saturated heterocycles. The highest BCUT2D eigenvalue weighted by atomic mass is 16.6. The van der Waals surface area contributed by atoms with Crippen LogP contribution in [0, 0.1) is 5.92 Å². The molecule has 1 rings (SSSR count). The number of Topliss-reactive ketones (excluding diaryl/α,β-unsaturated/α-hetero) is 1. The number of esters is 1. The molecule has 0 aliphatic carbocycles. The van der Waals surface area contributed by atoms with Gasteiger partial charge in [-0.2, -0.15) is 0 Å². The van der Waals surface area contributed by atoms with Crippen molar-refractivity contribution in [2.24, 2.45) is 5.92 Å². The Hall–Kier alpha value is -1.59. The van der Waals surface area contributed by atoms with Gasteiger partial charge in [0.15, 0.2) is 0 Å². The fourth-order valence-electron chi connectivity index (χ4n) is 2.56. The van der Waals surface area contributed by atoms with Gasteiger partial charge >= 0.3 is 12.1 Å². The number of carbonyl (C=O) groups is 3. The molecule has 2 unspecified atom stereocenters. The lowest BCUT2D eigenvalue weighted by Crippen LogP contribution is -2.43. The van der Waals surface area contributed by atoms with Crippen LogP contribution in [0.1, 0.15) is 53.4 Å². The van der Waals surface area contributed by atoms with Gasteiger partial charge in [-0.3, -0.25) is 9.69 Å². The van der Waals surface area contributed by atoms with Gasteiger partial charge < -0.3 is 9.47 Å². The topological polar surface area (TPSA) is 72.9 Å². The SMILES string of the molecule is CCC(=O)CCC1CC(C(=O)OC)N(C(=O)OC(C)(C)C)C1. The number of ether oxygens (including phenoxy) is 2. The molecular formula is C16H27NO5. The molecule has 6 nitrogen and oxygen atoms in total. The average molecular weight is 313 g/mol. The summed E-state index contributed by atoms with van der Waals surface area (Å²) in [5.74, 6) is -0.118. The molecule has 1 fully saturated rings. The summed E-state index contributed by atoms with van der Waals surface area (Å²) in [5, 5.41) is 0. The number of hydrogen-bond donors (Lipinski definition) is 0. The zero-order chi connectivity index (χ0) is 16.9. The summed E-state index contributed by atoms with van der Waals surface area (Å²) in [5.41, 5.74) is -0.617. The van der Waals surface area contributed by atoms with Gasteiger partial charge in [0, 0.05) is 19.4 Å². The van der Waals surface area contributed by atoms with E-state index in [0.29, 0.717) is 32.2 Å². The monoisotopic (exact) mass is 313 g/mol. The second-order valence-electron chi connectivity index (χ2n) is 6.70. The fraction of sp³-hybridized carbons (Fsp3) is 0.812. The third kappa shape index (κ3) is 5.31. The maximum atomic E-state index is 12.3. The van der Waals surface area contributed by atoms with E-state index >= 15 is 0 Å². The highest BCUT2D eigenvalue weighted by molar-refractivity contribution is 5.82. The van der Waals surface area contributed by atoms with E-state index in [1.165, 1.54) is 12.0 Å². The van der Waals surface area contributed by atoms with Gasteiger partial charge in [-0.15, -0.1) is 0 Å². The van der Waals surface area contributed by atoms with Crippen LogP contribution in [-0.4, -0.2) is 48.0 Å². The van der Waals surface area contributed by atoms with E-state index in [1.807, 2.05) is 6.92 Å². The van der Waals surface area contributed by atoms with Crippen LogP contribution in [0.3, 0.4) is 0 Å². The Morgan fingerprint density at radius 2 is 1.86 bits per heavy atom. The number of likely N-dealkylation sites (tertiary alicyclic amines) is 1. The third-order valence-corrected chi connectivity index (χ3v) is 3.71. The molecule has 1 amide bonds. The zero-order valence-corrected chi connectivity index (χ0v) is 14.2. The van der Waals surface area contributed by atoms with E-state index < -0.39 is 23.7 Å². The molecule has 1 aliphatic rings. The van der Waals surface area contributed by atoms with Gasteiger partial charge in [-0.1, -0.05) is 6.92 Å². The van der Waals surface area contributed by atoms with Gasteiger partial charge in [0.2, 0.25) is 0 Å². The summed E-state index contributed by atoms with van der Waals surface area (Å²) in [4.78, 5) is 37.0. The first-order valence-corrected chi connectivity index (χ1v) is 7.77. The molecule has 0 aromatic heterocycles. The van der Waals surface area contributed by atoms with Crippen LogP contribution >= 0.6 is 0 Å². The third-order valence-electron chi connectivity index (χ3n) is 3.71. The zero-order valence-electron chi connectivity index (χ0n) is 14.2. The Morgan fingerprint density at radius 3 is 2.36 bits per heavy atom. The van der Waals surface area contributed by atoms with Gasteiger partial charge in [0.05, 0.1) is 7.11 Å². The van der Waals surface area contributed by atoms with Gasteiger partial charge in [0.1, 0.15) is 17.4 Å². The van der Waals surface area contributed by atoms with Crippen LogP contribution in [0.5, 0.6) is 0 Å². The van der Waals surface area contributed by atoms with Crippen LogP contribution < -0.4 is 0 Å².